The van der Waals surface area contributed by atoms with Gasteiger partial charge in [0.1, 0.15) is 0 Å². The summed E-state index contributed by atoms with van der Waals surface area (Å²) in [6.45, 7) is 0. The highest BCUT2D eigenvalue weighted by molar-refractivity contribution is 7.80. The van der Waals surface area contributed by atoms with Crippen molar-refractivity contribution < 1.29 is 0 Å². The van der Waals surface area contributed by atoms with E-state index in [1.54, 1.807) is 0 Å². The molecule has 0 atom stereocenters. The number of nitrogen functional groups attached to an aromatic ring is 1. The van der Waals surface area contributed by atoms with Crippen molar-refractivity contribution in [2.24, 2.45) is 0 Å². The first-order valence-corrected chi connectivity index (χ1v) is 5.59. The van der Waals surface area contributed by atoms with Gasteiger partial charge in [-0.15, -0.1) is 22.8 Å². The molecule has 3 aromatic rings. The van der Waals surface area contributed by atoms with Crippen LogP contribution in [0.1, 0.15) is 0 Å². The van der Waals surface area contributed by atoms with Gasteiger partial charge in [-0.2, -0.15) is 0 Å². The van der Waals surface area contributed by atoms with Gasteiger partial charge in [0.2, 0.25) is 0 Å². The summed E-state index contributed by atoms with van der Waals surface area (Å²) in [6, 6.07) is 11.4. The molecule has 1 aromatic carbocycles. The van der Waals surface area contributed by atoms with Crippen molar-refractivity contribution in [2.75, 3.05) is 5.73 Å². The quantitative estimate of drug-likeness (QED) is 0.508. The molecule has 0 aliphatic rings. The number of nitrogens with two attached hydrogens (primary N) is 1. The van der Waals surface area contributed by atoms with Crippen LogP contribution in [0.5, 0.6) is 0 Å². The van der Waals surface area contributed by atoms with Crippen molar-refractivity contribution in [3.8, 4) is 11.4 Å². The minimum atomic E-state index is 0.734. The highest BCUT2D eigenvalue weighted by Gasteiger charge is 2.08. The molecule has 2 heterocycles. The molecule has 0 aliphatic carbocycles. The van der Waals surface area contributed by atoms with Gasteiger partial charge in [0.25, 0.3) is 0 Å². The Labute approximate surface area is 104 Å². The zero-order chi connectivity index (χ0) is 11.8. The van der Waals surface area contributed by atoms with E-state index in [2.05, 4.69) is 22.8 Å². The number of pyridine rings is 1. The number of hydrogen-bond donors (Lipinski definition) is 2. The molecule has 0 fully saturated rings. The second-order valence-electron chi connectivity index (χ2n) is 3.73. The normalized spacial score (nSPS) is 10.9. The first kappa shape index (κ1) is 10.2. The third-order valence-corrected chi connectivity index (χ3v) is 2.93. The second-order valence-corrected chi connectivity index (χ2v) is 4.21. The van der Waals surface area contributed by atoms with Crippen molar-refractivity contribution in [1.82, 2.24) is 14.6 Å². The second kappa shape index (κ2) is 3.78. The van der Waals surface area contributed by atoms with Gasteiger partial charge in [0.05, 0.1) is 0 Å². The predicted molar refractivity (Wildman–Crippen MR) is 70.1 cm³/mol. The maximum atomic E-state index is 5.66. The van der Waals surface area contributed by atoms with Crippen LogP contribution < -0.4 is 5.73 Å². The van der Waals surface area contributed by atoms with E-state index in [0.29, 0.717) is 0 Å². The van der Waals surface area contributed by atoms with Crippen LogP contribution in [0.3, 0.4) is 0 Å². The SMILES string of the molecule is Nc1ccc(-c2nnc3c(S)cccn23)cc1. The van der Waals surface area contributed by atoms with Gasteiger partial charge >= 0.3 is 0 Å². The van der Waals surface area contributed by atoms with Crippen LogP contribution in [-0.2, 0) is 0 Å². The monoisotopic (exact) mass is 242 g/mol. The average Bonchev–Trinajstić information content (AvgIpc) is 2.75. The summed E-state index contributed by atoms with van der Waals surface area (Å²) >= 11 is 4.35. The van der Waals surface area contributed by atoms with Crippen LogP contribution in [-0.4, -0.2) is 14.6 Å². The fourth-order valence-corrected chi connectivity index (χ4v) is 1.97. The van der Waals surface area contributed by atoms with Gasteiger partial charge in [-0.3, -0.25) is 4.40 Å². The minimum Gasteiger partial charge on any atom is -0.399 e. The first-order valence-electron chi connectivity index (χ1n) is 5.14. The minimum absolute atomic E-state index is 0.734. The van der Waals surface area contributed by atoms with E-state index >= 15 is 0 Å². The molecule has 2 aromatic heterocycles. The predicted octanol–water partition coefficient (Wildman–Crippen LogP) is 2.27. The largest absolute Gasteiger partial charge is 0.399 e. The van der Waals surface area contributed by atoms with Crippen molar-refractivity contribution in [3.63, 3.8) is 0 Å². The van der Waals surface area contributed by atoms with Gasteiger partial charge < -0.3 is 5.73 Å². The molecule has 4 nitrogen and oxygen atoms in total. The molecule has 84 valence electrons. The van der Waals surface area contributed by atoms with Crippen molar-refractivity contribution in [3.05, 3.63) is 42.6 Å². The van der Waals surface area contributed by atoms with Gasteiger partial charge in [-0.25, -0.2) is 0 Å². The molecule has 0 saturated carbocycles. The lowest BCUT2D eigenvalue weighted by atomic mass is 10.2. The maximum absolute atomic E-state index is 5.66. The van der Waals surface area contributed by atoms with E-state index in [-0.39, 0.29) is 0 Å². The van der Waals surface area contributed by atoms with Gasteiger partial charge in [0.15, 0.2) is 11.5 Å². The molecular weight excluding hydrogens is 232 g/mol. The number of anilines is 1. The first-order chi connectivity index (χ1) is 8.25. The highest BCUT2D eigenvalue weighted by atomic mass is 32.1. The fraction of sp³-hybridized carbons (Fsp3) is 0. The molecule has 3 rings (SSSR count). The lowest BCUT2D eigenvalue weighted by molar-refractivity contribution is 1.11. The Kier molecular flexibility index (Phi) is 2.26. The van der Waals surface area contributed by atoms with Gasteiger partial charge in [-0.1, -0.05) is 0 Å². The summed E-state index contributed by atoms with van der Waals surface area (Å²) in [5.74, 6) is 0.788. The molecule has 0 aliphatic heterocycles. The van der Waals surface area contributed by atoms with Crippen LogP contribution in [0.2, 0.25) is 0 Å². The van der Waals surface area contributed by atoms with Crippen LogP contribution in [0.4, 0.5) is 5.69 Å². The van der Waals surface area contributed by atoms with Crippen molar-refractivity contribution >= 4 is 24.0 Å². The topological polar surface area (TPSA) is 56.2 Å². The Balaban J connectivity index is 2.24. The maximum Gasteiger partial charge on any atom is 0.174 e. The molecule has 2 N–H and O–H groups in total. The lowest BCUT2D eigenvalue weighted by Gasteiger charge is -2.01. The van der Waals surface area contributed by atoms with Crippen molar-refractivity contribution in [1.29, 1.82) is 0 Å². The summed E-state index contributed by atoms with van der Waals surface area (Å²) in [6.07, 6.45) is 1.92. The van der Waals surface area contributed by atoms with Crippen molar-refractivity contribution in [2.45, 2.75) is 4.90 Å². The Morgan fingerprint density at radius 2 is 1.82 bits per heavy atom. The van der Waals surface area contributed by atoms with Gasteiger partial charge in [-0.05, 0) is 36.4 Å². The van der Waals surface area contributed by atoms with E-state index in [1.807, 2.05) is 47.0 Å². The smallest absolute Gasteiger partial charge is 0.174 e. The zero-order valence-electron chi connectivity index (χ0n) is 8.91. The molecular formula is C12H10N4S. The number of nitrogens with zero attached hydrogens (tertiary/aromatic N) is 3. The van der Waals surface area contributed by atoms with Crippen LogP contribution in [0.15, 0.2) is 47.5 Å². The average molecular weight is 242 g/mol. The van der Waals surface area contributed by atoms with E-state index in [9.17, 15) is 0 Å². The number of hydrogen-bond acceptors (Lipinski definition) is 4. The number of aromatic nitrogens is 3. The van der Waals surface area contributed by atoms with Crippen LogP contribution in [0.25, 0.3) is 17.0 Å². The van der Waals surface area contributed by atoms with Crippen LogP contribution >= 0.6 is 12.6 Å². The summed E-state index contributed by atoms with van der Waals surface area (Å²) in [5.41, 5.74) is 8.13. The molecule has 17 heavy (non-hydrogen) atoms. The Morgan fingerprint density at radius 3 is 2.59 bits per heavy atom. The highest BCUT2D eigenvalue weighted by Crippen LogP contribution is 2.22. The van der Waals surface area contributed by atoms with E-state index < -0.39 is 0 Å². The summed E-state index contributed by atoms with van der Waals surface area (Å²) in [4.78, 5) is 0.807. The molecule has 5 heteroatoms. The molecule has 0 unspecified atom stereocenters. The van der Waals surface area contributed by atoms with E-state index in [0.717, 1.165) is 27.6 Å². The zero-order valence-corrected chi connectivity index (χ0v) is 9.80. The Bertz CT molecular complexity index is 673. The summed E-state index contributed by atoms with van der Waals surface area (Å²) in [7, 11) is 0. The van der Waals surface area contributed by atoms with Gasteiger partial charge in [0, 0.05) is 22.3 Å². The summed E-state index contributed by atoms with van der Waals surface area (Å²) in [5, 5.41) is 8.30. The third-order valence-electron chi connectivity index (χ3n) is 2.58. The fourth-order valence-electron chi connectivity index (χ4n) is 1.73. The molecule has 0 radical (unpaired) electrons. The Morgan fingerprint density at radius 1 is 1.06 bits per heavy atom. The van der Waals surface area contributed by atoms with Crippen LogP contribution in [0, 0.1) is 0 Å². The standard InChI is InChI=1S/C12H10N4S/c13-9-5-3-8(4-6-9)11-14-15-12-10(17)2-1-7-16(11)12/h1-7,17H,13H2. The Hall–Kier alpha value is -2.01. The molecule has 0 spiro atoms. The molecule has 0 saturated heterocycles. The number of thiol groups is 1. The summed E-state index contributed by atoms with van der Waals surface area (Å²) < 4.78 is 1.91. The third kappa shape index (κ3) is 1.64. The molecule has 0 amide bonds. The van der Waals surface area contributed by atoms with E-state index in [1.165, 1.54) is 0 Å². The number of fused-ring (bicyclic) bond motifs is 1. The molecule has 0 bridgehead atoms. The number of rotatable bonds is 1. The van der Waals surface area contributed by atoms with E-state index in [4.69, 9.17) is 5.73 Å². The number of benzene rings is 1. The lowest BCUT2D eigenvalue weighted by Crippen LogP contribution is -1.90.